The summed E-state index contributed by atoms with van der Waals surface area (Å²) in [7, 11) is 1.49. The lowest BCUT2D eigenvalue weighted by atomic mass is 9.83. The molecule has 0 aromatic carbocycles. The van der Waals surface area contributed by atoms with Crippen LogP contribution in [0.1, 0.15) is 47.0 Å². The van der Waals surface area contributed by atoms with Crippen LogP contribution in [0.3, 0.4) is 0 Å². The number of allylic oxidation sites excluding steroid dienone is 1. The van der Waals surface area contributed by atoms with Gasteiger partial charge in [-0.05, 0) is 17.4 Å². The molecule has 0 fully saturated rings. The second-order valence-corrected chi connectivity index (χ2v) is 8.55. The number of Topliss-reactive ketones (excluding diaryl/α,β-unsaturated/α-hetero) is 1. The van der Waals surface area contributed by atoms with Crippen LogP contribution in [0.15, 0.2) is 35.0 Å². The van der Waals surface area contributed by atoms with E-state index in [9.17, 15) is 19.8 Å². The van der Waals surface area contributed by atoms with Gasteiger partial charge in [-0.1, -0.05) is 40.2 Å². The molecule has 1 amide bonds. The van der Waals surface area contributed by atoms with Crippen molar-refractivity contribution in [1.82, 2.24) is 9.80 Å². The van der Waals surface area contributed by atoms with Crippen molar-refractivity contribution in [2.75, 3.05) is 26.8 Å². The maximum atomic E-state index is 12.3. The van der Waals surface area contributed by atoms with Gasteiger partial charge in [-0.3, -0.25) is 9.69 Å². The van der Waals surface area contributed by atoms with Crippen LogP contribution in [0, 0.1) is 11.3 Å². The van der Waals surface area contributed by atoms with Gasteiger partial charge in [-0.15, -0.1) is 0 Å². The molecule has 28 heavy (non-hydrogen) atoms. The largest absolute Gasteiger partial charge is 0.489 e. The molecule has 0 spiro atoms. The molecule has 156 valence electrons. The average molecular weight is 392 g/mol. The summed E-state index contributed by atoms with van der Waals surface area (Å²) in [6, 6.07) is 0. The Kier molecular flexibility index (Phi) is 6.93. The van der Waals surface area contributed by atoms with E-state index in [0.29, 0.717) is 30.3 Å². The van der Waals surface area contributed by atoms with Gasteiger partial charge < -0.3 is 19.8 Å². The number of carbonyl (C=O) groups excluding carboxylic acids is 1. The van der Waals surface area contributed by atoms with Gasteiger partial charge in [0.2, 0.25) is 0 Å². The highest BCUT2D eigenvalue weighted by atomic mass is 16.5. The molecule has 1 heterocycles. The first kappa shape index (κ1) is 22.0. The summed E-state index contributed by atoms with van der Waals surface area (Å²) >= 11 is 0. The van der Waals surface area contributed by atoms with Gasteiger partial charge in [0, 0.05) is 31.8 Å². The number of hydrogen-bond acceptors (Lipinski definition) is 5. The Morgan fingerprint density at radius 3 is 2.61 bits per heavy atom. The van der Waals surface area contributed by atoms with Crippen molar-refractivity contribution in [2.45, 2.75) is 47.0 Å². The number of carbonyl (C=O) groups is 2. The van der Waals surface area contributed by atoms with Gasteiger partial charge >= 0.3 is 6.09 Å². The summed E-state index contributed by atoms with van der Waals surface area (Å²) in [5, 5.41) is 19.2. The fraction of sp³-hybridized carbons (Fsp3) is 0.619. The van der Waals surface area contributed by atoms with Crippen LogP contribution in [0.2, 0.25) is 0 Å². The second kappa shape index (κ2) is 8.82. The van der Waals surface area contributed by atoms with Crippen LogP contribution in [0.5, 0.6) is 0 Å². The van der Waals surface area contributed by atoms with E-state index in [1.807, 2.05) is 11.1 Å². The minimum absolute atomic E-state index is 0.0452. The molecule has 0 aromatic rings. The number of unbranched alkanes of at least 4 members (excludes halogenated alkanes) is 1. The Bertz CT molecular complexity index is 715. The first-order valence-corrected chi connectivity index (χ1v) is 9.76. The fourth-order valence-corrected chi connectivity index (χ4v) is 3.33. The number of nitrogens with zero attached hydrogens (tertiary/aromatic N) is 2. The zero-order valence-corrected chi connectivity index (χ0v) is 17.5. The summed E-state index contributed by atoms with van der Waals surface area (Å²) in [5.41, 5.74) is 1.40. The van der Waals surface area contributed by atoms with Gasteiger partial charge in [0.25, 0.3) is 0 Å². The Morgan fingerprint density at radius 2 is 2.07 bits per heavy atom. The molecular weight excluding hydrogens is 360 g/mol. The van der Waals surface area contributed by atoms with Crippen molar-refractivity contribution in [1.29, 1.82) is 0 Å². The second-order valence-electron chi connectivity index (χ2n) is 8.55. The Hall–Kier alpha value is -2.28. The number of amides is 1. The molecule has 0 saturated heterocycles. The van der Waals surface area contributed by atoms with Crippen molar-refractivity contribution in [2.24, 2.45) is 11.3 Å². The fourth-order valence-electron chi connectivity index (χ4n) is 3.33. The zero-order valence-electron chi connectivity index (χ0n) is 17.5. The quantitative estimate of drug-likeness (QED) is 0.646. The number of rotatable bonds is 7. The van der Waals surface area contributed by atoms with Crippen LogP contribution >= 0.6 is 0 Å². The van der Waals surface area contributed by atoms with Crippen LogP contribution in [0.25, 0.3) is 0 Å². The van der Waals surface area contributed by atoms with E-state index in [2.05, 4.69) is 27.7 Å². The minimum Gasteiger partial charge on any atom is -0.489 e. The summed E-state index contributed by atoms with van der Waals surface area (Å²) in [6.45, 7) is 9.01. The molecule has 0 bridgehead atoms. The van der Waals surface area contributed by atoms with E-state index in [1.54, 1.807) is 6.08 Å². The van der Waals surface area contributed by atoms with Crippen LogP contribution in [0.4, 0.5) is 4.79 Å². The highest BCUT2D eigenvalue weighted by Gasteiger charge is 2.37. The van der Waals surface area contributed by atoms with Crippen molar-refractivity contribution in [3.63, 3.8) is 0 Å². The van der Waals surface area contributed by atoms with Gasteiger partial charge in [-0.25, -0.2) is 4.79 Å². The number of aliphatic hydroxyl groups excluding tert-OH is 1. The van der Waals surface area contributed by atoms with E-state index in [0.717, 1.165) is 23.3 Å². The normalized spacial score (nSPS) is 19.9. The molecule has 7 nitrogen and oxygen atoms in total. The predicted molar refractivity (Wildman–Crippen MR) is 106 cm³/mol. The van der Waals surface area contributed by atoms with Gasteiger partial charge in [0.05, 0.1) is 19.1 Å². The Morgan fingerprint density at radius 1 is 1.39 bits per heavy atom. The lowest BCUT2D eigenvalue weighted by molar-refractivity contribution is -0.122. The number of aliphatic hydroxyl groups is 1. The molecule has 0 aromatic heterocycles. The highest BCUT2D eigenvalue weighted by molar-refractivity contribution is 5.89. The van der Waals surface area contributed by atoms with Gasteiger partial charge in [0.15, 0.2) is 11.6 Å². The molecule has 1 aliphatic carbocycles. The lowest BCUT2D eigenvalue weighted by Crippen LogP contribution is -2.41. The van der Waals surface area contributed by atoms with Crippen molar-refractivity contribution >= 4 is 11.9 Å². The molecule has 1 unspecified atom stereocenters. The molecule has 0 radical (unpaired) electrons. The topological polar surface area (TPSA) is 90.3 Å². The molecule has 1 atom stereocenters. The number of ketones is 1. The van der Waals surface area contributed by atoms with E-state index >= 15 is 0 Å². The molecule has 0 saturated carbocycles. The molecular formula is C21H32N2O5. The SMILES string of the molecule is CCCCOC1=C(N(C)C(=O)O)N(CC(C)(C)C)C=C2CC(=O)C(CO)C=C21. The first-order chi connectivity index (χ1) is 13.1. The third-order valence-electron chi connectivity index (χ3n) is 4.71. The van der Waals surface area contributed by atoms with Crippen LogP contribution in [-0.2, 0) is 9.53 Å². The van der Waals surface area contributed by atoms with E-state index in [4.69, 9.17) is 4.74 Å². The number of carboxylic acid groups (broad SMARTS) is 1. The Labute approximate surface area is 167 Å². The molecule has 2 aliphatic rings. The predicted octanol–water partition coefficient (Wildman–Crippen LogP) is 3.34. The average Bonchev–Trinajstić information content (AvgIpc) is 2.59. The monoisotopic (exact) mass is 392 g/mol. The van der Waals surface area contributed by atoms with E-state index in [-0.39, 0.29) is 24.2 Å². The molecule has 2 N–H and O–H groups in total. The smallest absolute Gasteiger partial charge is 0.412 e. The highest BCUT2D eigenvalue weighted by Crippen LogP contribution is 2.39. The van der Waals surface area contributed by atoms with Crippen LogP contribution in [-0.4, -0.2) is 58.7 Å². The van der Waals surface area contributed by atoms with Crippen molar-refractivity contribution < 1.29 is 24.5 Å². The van der Waals surface area contributed by atoms with Crippen LogP contribution < -0.4 is 0 Å². The third-order valence-corrected chi connectivity index (χ3v) is 4.71. The lowest BCUT2D eigenvalue weighted by Gasteiger charge is -2.40. The summed E-state index contributed by atoms with van der Waals surface area (Å²) in [5.74, 6) is 0.268. The van der Waals surface area contributed by atoms with E-state index in [1.165, 1.54) is 7.05 Å². The summed E-state index contributed by atoms with van der Waals surface area (Å²) in [4.78, 5) is 27.2. The molecule has 1 aliphatic heterocycles. The molecule has 7 heteroatoms. The van der Waals surface area contributed by atoms with E-state index < -0.39 is 12.0 Å². The number of ether oxygens (including phenoxy) is 1. The summed E-state index contributed by atoms with van der Waals surface area (Å²) in [6.07, 6.45) is 4.45. The standard InChI is InChI=1S/C21H32N2O5/c1-6-7-8-28-18-16-9-15(12-24)17(25)10-14(16)11-23(13-21(2,3)4)19(18)22(5)20(26)27/h9,11,15,24H,6-8,10,12-13H2,1-5H3,(H,26,27). The maximum absolute atomic E-state index is 12.3. The van der Waals surface area contributed by atoms with Gasteiger partial charge in [-0.2, -0.15) is 0 Å². The third kappa shape index (κ3) is 4.95. The Balaban J connectivity index is 2.62. The molecule has 2 rings (SSSR count). The number of fused-ring (bicyclic) bond motifs is 1. The van der Waals surface area contributed by atoms with Gasteiger partial charge in [0.1, 0.15) is 5.78 Å². The maximum Gasteiger partial charge on any atom is 0.412 e. The first-order valence-electron chi connectivity index (χ1n) is 9.76. The number of hydrogen-bond donors (Lipinski definition) is 2. The van der Waals surface area contributed by atoms with Crippen molar-refractivity contribution in [3.05, 3.63) is 35.0 Å². The van der Waals surface area contributed by atoms with Crippen molar-refractivity contribution in [3.8, 4) is 0 Å². The minimum atomic E-state index is -1.09. The zero-order chi connectivity index (χ0) is 21.1. The summed E-state index contributed by atoms with van der Waals surface area (Å²) < 4.78 is 6.08.